The standard InChI is InChI=1S/C13H19NO5/c1-8-5-6-10(18-8)9(7-11(15)16)14-12(17)19-13(2,3)4/h5-6,9H,7H2,1-4H3,(H,14,17)(H,15,16)/t9-/m1/s1. The minimum absolute atomic E-state index is 0.272. The van der Waals surface area contributed by atoms with Gasteiger partial charge in [0.15, 0.2) is 0 Å². The number of carboxylic acids is 1. The van der Waals surface area contributed by atoms with E-state index in [9.17, 15) is 9.59 Å². The van der Waals surface area contributed by atoms with Crippen molar-refractivity contribution in [3.63, 3.8) is 0 Å². The molecule has 0 saturated heterocycles. The topological polar surface area (TPSA) is 88.8 Å². The molecule has 1 atom stereocenters. The highest BCUT2D eigenvalue weighted by molar-refractivity contribution is 5.71. The first-order chi connectivity index (χ1) is 8.67. The first kappa shape index (κ1) is 15.1. The monoisotopic (exact) mass is 269 g/mol. The van der Waals surface area contributed by atoms with Gasteiger partial charge >= 0.3 is 12.1 Å². The first-order valence-corrected chi connectivity index (χ1v) is 5.95. The Hall–Kier alpha value is -1.98. The van der Waals surface area contributed by atoms with Crippen LogP contribution in [0.3, 0.4) is 0 Å². The average molecular weight is 269 g/mol. The zero-order valence-corrected chi connectivity index (χ0v) is 11.5. The number of ether oxygens (including phenoxy) is 1. The number of amides is 1. The average Bonchev–Trinajstić information content (AvgIpc) is 2.60. The SMILES string of the molecule is Cc1ccc([C@@H](CC(=O)O)NC(=O)OC(C)(C)C)o1. The number of nitrogens with one attached hydrogen (secondary N) is 1. The highest BCUT2D eigenvalue weighted by Gasteiger charge is 2.24. The van der Waals surface area contributed by atoms with Crippen molar-refractivity contribution in [2.24, 2.45) is 0 Å². The van der Waals surface area contributed by atoms with Gasteiger partial charge in [-0.15, -0.1) is 0 Å². The third-order valence-electron chi connectivity index (χ3n) is 2.17. The van der Waals surface area contributed by atoms with E-state index < -0.39 is 23.7 Å². The third kappa shape index (κ3) is 5.46. The second-order valence-electron chi connectivity index (χ2n) is 5.25. The number of carbonyl (C=O) groups excluding carboxylic acids is 1. The zero-order chi connectivity index (χ0) is 14.6. The van der Waals surface area contributed by atoms with Crippen molar-refractivity contribution < 1.29 is 23.8 Å². The van der Waals surface area contributed by atoms with E-state index in [1.165, 1.54) is 0 Å². The van der Waals surface area contributed by atoms with Crippen LogP contribution in [0.2, 0.25) is 0 Å². The van der Waals surface area contributed by atoms with Crippen LogP contribution < -0.4 is 5.32 Å². The van der Waals surface area contributed by atoms with Gasteiger partial charge in [0.05, 0.1) is 6.42 Å². The molecule has 1 rings (SSSR count). The number of hydrogen-bond donors (Lipinski definition) is 2. The molecule has 0 saturated carbocycles. The molecule has 6 nitrogen and oxygen atoms in total. The van der Waals surface area contributed by atoms with E-state index in [1.807, 2.05) is 0 Å². The Bertz CT molecular complexity index is 458. The number of carbonyl (C=O) groups is 2. The number of aliphatic carboxylic acids is 1. The van der Waals surface area contributed by atoms with Gasteiger partial charge in [-0.1, -0.05) is 0 Å². The van der Waals surface area contributed by atoms with Gasteiger partial charge in [0.1, 0.15) is 23.2 Å². The predicted octanol–water partition coefficient (Wildman–Crippen LogP) is 2.63. The van der Waals surface area contributed by atoms with Crippen LogP contribution >= 0.6 is 0 Å². The number of aryl methyl sites for hydroxylation is 1. The molecule has 0 fully saturated rings. The molecule has 1 aromatic heterocycles. The van der Waals surface area contributed by atoms with E-state index in [0.29, 0.717) is 11.5 Å². The molecule has 19 heavy (non-hydrogen) atoms. The van der Waals surface area contributed by atoms with E-state index in [4.69, 9.17) is 14.3 Å². The fraction of sp³-hybridized carbons (Fsp3) is 0.538. The Morgan fingerprint density at radius 2 is 2.05 bits per heavy atom. The van der Waals surface area contributed by atoms with Crippen molar-refractivity contribution in [1.82, 2.24) is 5.32 Å². The Balaban J connectivity index is 2.76. The molecule has 0 radical (unpaired) electrons. The summed E-state index contributed by atoms with van der Waals surface area (Å²) < 4.78 is 10.4. The van der Waals surface area contributed by atoms with Crippen molar-refractivity contribution in [2.45, 2.75) is 45.8 Å². The maximum atomic E-state index is 11.7. The molecule has 0 bridgehead atoms. The maximum Gasteiger partial charge on any atom is 0.408 e. The molecular weight excluding hydrogens is 250 g/mol. The van der Waals surface area contributed by atoms with Gasteiger partial charge in [-0.05, 0) is 39.8 Å². The van der Waals surface area contributed by atoms with Crippen LogP contribution in [-0.2, 0) is 9.53 Å². The highest BCUT2D eigenvalue weighted by atomic mass is 16.6. The van der Waals surface area contributed by atoms with Crippen LogP contribution in [-0.4, -0.2) is 22.8 Å². The number of hydrogen-bond acceptors (Lipinski definition) is 4. The summed E-state index contributed by atoms with van der Waals surface area (Å²) in [5, 5.41) is 11.4. The number of carboxylic acid groups (broad SMARTS) is 1. The number of furan rings is 1. The molecule has 1 aromatic rings. The molecule has 6 heteroatoms. The number of rotatable bonds is 4. The quantitative estimate of drug-likeness (QED) is 0.877. The molecule has 0 aromatic carbocycles. The third-order valence-corrected chi connectivity index (χ3v) is 2.17. The summed E-state index contributed by atoms with van der Waals surface area (Å²) in [6, 6.07) is 2.60. The van der Waals surface area contributed by atoms with Gasteiger partial charge in [-0.25, -0.2) is 4.79 Å². The first-order valence-electron chi connectivity index (χ1n) is 5.95. The minimum Gasteiger partial charge on any atom is -0.481 e. The predicted molar refractivity (Wildman–Crippen MR) is 67.8 cm³/mol. The van der Waals surface area contributed by atoms with Gasteiger partial charge in [0, 0.05) is 0 Å². The summed E-state index contributed by atoms with van der Waals surface area (Å²) in [7, 11) is 0. The molecule has 1 heterocycles. The Kier molecular flexibility index (Phi) is 4.58. The molecule has 106 valence electrons. The van der Waals surface area contributed by atoms with Crippen molar-refractivity contribution in [1.29, 1.82) is 0 Å². The van der Waals surface area contributed by atoms with Crippen molar-refractivity contribution in [3.8, 4) is 0 Å². The molecule has 0 aliphatic rings. The molecule has 0 spiro atoms. The summed E-state index contributed by atoms with van der Waals surface area (Å²) in [5.74, 6) is 0.0113. The van der Waals surface area contributed by atoms with Gasteiger partial charge in [-0.3, -0.25) is 4.79 Å². The lowest BCUT2D eigenvalue weighted by molar-refractivity contribution is -0.137. The van der Waals surface area contributed by atoms with E-state index in [0.717, 1.165) is 0 Å². The van der Waals surface area contributed by atoms with Crippen molar-refractivity contribution in [3.05, 3.63) is 23.7 Å². The van der Waals surface area contributed by atoms with Gasteiger partial charge < -0.3 is 19.6 Å². The van der Waals surface area contributed by atoms with E-state index >= 15 is 0 Å². The summed E-state index contributed by atoms with van der Waals surface area (Å²) in [5.41, 5.74) is -0.642. The molecule has 2 N–H and O–H groups in total. The Morgan fingerprint density at radius 3 is 2.47 bits per heavy atom. The van der Waals surface area contributed by atoms with E-state index in [2.05, 4.69) is 5.32 Å². The molecule has 0 aliphatic carbocycles. The summed E-state index contributed by atoms with van der Waals surface area (Å²) >= 11 is 0. The normalized spacial score (nSPS) is 12.8. The number of alkyl carbamates (subject to hydrolysis) is 1. The van der Waals surface area contributed by atoms with E-state index in [1.54, 1.807) is 39.8 Å². The van der Waals surface area contributed by atoms with Crippen molar-refractivity contribution in [2.75, 3.05) is 0 Å². The lowest BCUT2D eigenvalue weighted by Gasteiger charge is -2.22. The van der Waals surface area contributed by atoms with Crippen LogP contribution in [0.5, 0.6) is 0 Å². The largest absolute Gasteiger partial charge is 0.481 e. The smallest absolute Gasteiger partial charge is 0.408 e. The highest BCUT2D eigenvalue weighted by Crippen LogP contribution is 2.20. The van der Waals surface area contributed by atoms with Gasteiger partial charge in [-0.2, -0.15) is 0 Å². The van der Waals surface area contributed by atoms with Gasteiger partial charge in [0.2, 0.25) is 0 Å². The summed E-state index contributed by atoms with van der Waals surface area (Å²) in [6.45, 7) is 6.94. The summed E-state index contributed by atoms with van der Waals surface area (Å²) in [6.07, 6.45) is -0.945. The van der Waals surface area contributed by atoms with Gasteiger partial charge in [0.25, 0.3) is 0 Å². The fourth-order valence-corrected chi connectivity index (χ4v) is 1.49. The van der Waals surface area contributed by atoms with Crippen LogP contribution in [0.1, 0.15) is 44.8 Å². The second-order valence-corrected chi connectivity index (χ2v) is 5.25. The Labute approximate surface area is 111 Å². The molecular formula is C13H19NO5. The molecule has 0 aliphatic heterocycles. The van der Waals surface area contributed by atoms with Crippen LogP contribution in [0.15, 0.2) is 16.5 Å². The summed E-state index contributed by atoms with van der Waals surface area (Å²) in [4.78, 5) is 22.5. The maximum absolute atomic E-state index is 11.7. The fourth-order valence-electron chi connectivity index (χ4n) is 1.49. The van der Waals surface area contributed by atoms with Crippen LogP contribution in [0, 0.1) is 6.92 Å². The lowest BCUT2D eigenvalue weighted by Crippen LogP contribution is -2.35. The molecule has 1 amide bonds. The van der Waals surface area contributed by atoms with Crippen LogP contribution in [0.4, 0.5) is 4.79 Å². The van der Waals surface area contributed by atoms with E-state index in [-0.39, 0.29) is 6.42 Å². The Morgan fingerprint density at radius 1 is 1.42 bits per heavy atom. The minimum atomic E-state index is -1.03. The lowest BCUT2D eigenvalue weighted by atomic mass is 10.1. The second kappa shape index (κ2) is 5.77. The zero-order valence-electron chi connectivity index (χ0n) is 11.5. The van der Waals surface area contributed by atoms with Crippen LogP contribution in [0.25, 0.3) is 0 Å². The molecule has 0 unspecified atom stereocenters. The van der Waals surface area contributed by atoms with Crippen molar-refractivity contribution >= 4 is 12.1 Å².